The summed E-state index contributed by atoms with van der Waals surface area (Å²) in [6, 6.07) is 25.1. The third-order valence-electron chi connectivity index (χ3n) is 4.71. The molecule has 0 fully saturated rings. The van der Waals surface area contributed by atoms with E-state index in [1.807, 2.05) is 66.9 Å². The summed E-state index contributed by atoms with van der Waals surface area (Å²) in [5.74, 6) is 0.175. The van der Waals surface area contributed by atoms with Crippen molar-refractivity contribution in [2.75, 3.05) is 0 Å². The number of pyridine rings is 1. The zero-order valence-electron chi connectivity index (χ0n) is 15.8. The number of hydrogen-bond donors (Lipinski definition) is 0. The maximum Gasteiger partial charge on any atom is 0.343 e. The van der Waals surface area contributed by atoms with Gasteiger partial charge in [-0.3, -0.25) is 4.98 Å². The standard InChI is InChI=1S/C25H21NO2/c1-2-5-18-8-15-24(26-17-18)20-9-11-21(12-10-20)25(27)28-23-14-13-19-6-3-4-7-22(19)16-23/h3-4,6-17H,2,5H2,1H3. The summed E-state index contributed by atoms with van der Waals surface area (Å²) >= 11 is 0. The molecular weight excluding hydrogens is 346 g/mol. The molecular formula is C25H21NO2. The Morgan fingerprint density at radius 3 is 2.39 bits per heavy atom. The molecule has 3 nitrogen and oxygen atoms in total. The number of fused-ring (bicyclic) bond motifs is 1. The van der Waals surface area contributed by atoms with Crippen LogP contribution in [0, 0.1) is 0 Å². The van der Waals surface area contributed by atoms with Crippen LogP contribution in [-0.4, -0.2) is 11.0 Å². The zero-order chi connectivity index (χ0) is 19.3. The van der Waals surface area contributed by atoms with Gasteiger partial charge in [0.15, 0.2) is 0 Å². The van der Waals surface area contributed by atoms with Crippen molar-refractivity contribution in [3.8, 4) is 17.0 Å². The molecule has 0 radical (unpaired) electrons. The Labute approximate surface area is 164 Å². The summed E-state index contributed by atoms with van der Waals surface area (Å²) in [5.41, 5.74) is 3.63. The number of carbonyl (C=O) groups is 1. The van der Waals surface area contributed by atoms with E-state index in [9.17, 15) is 4.79 Å². The molecule has 138 valence electrons. The fraction of sp³-hybridized carbons (Fsp3) is 0.120. The summed E-state index contributed by atoms with van der Waals surface area (Å²) in [6.45, 7) is 2.16. The number of benzene rings is 3. The van der Waals surface area contributed by atoms with E-state index < -0.39 is 0 Å². The van der Waals surface area contributed by atoms with Gasteiger partial charge in [-0.15, -0.1) is 0 Å². The van der Waals surface area contributed by atoms with Crippen LogP contribution in [0.3, 0.4) is 0 Å². The van der Waals surface area contributed by atoms with E-state index >= 15 is 0 Å². The van der Waals surface area contributed by atoms with E-state index in [0.29, 0.717) is 11.3 Å². The molecule has 3 aromatic carbocycles. The largest absolute Gasteiger partial charge is 0.423 e. The van der Waals surface area contributed by atoms with Crippen molar-refractivity contribution in [2.45, 2.75) is 19.8 Å². The number of esters is 1. The number of nitrogens with zero attached hydrogens (tertiary/aromatic N) is 1. The molecule has 4 aromatic rings. The van der Waals surface area contributed by atoms with Gasteiger partial charge in [-0.05, 0) is 53.1 Å². The average Bonchev–Trinajstić information content (AvgIpc) is 2.74. The van der Waals surface area contributed by atoms with Crippen LogP contribution in [-0.2, 0) is 6.42 Å². The van der Waals surface area contributed by atoms with Crippen molar-refractivity contribution in [2.24, 2.45) is 0 Å². The lowest BCUT2D eigenvalue weighted by molar-refractivity contribution is 0.0735. The van der Waals surface area contributed by atoms with Crippen molar-refractivity contribution < 1.29 is 9.53 Å². The summed E-state index contributed by atoms with van der Waals surface area (Å²) in [7, 11) is 0. The van der Waals surface area contributed by atoms with Crippen molar-refractivity contribution in [1.82, 2.24) is 4.98 Å². The van der Waals surface area contributed by atoms with Crippen LogP contribution < -0.4 is 4.74 Å². The monoisotopic (exact) mass is 367 g/mol. The van der Waals surface area contributed by atoms with Crippen LogP contribution in [0.2, 0.25) is 0 Å². The zero-order valence-corrected chi connectivity index (χ0v) is 15.8. The number of rotatable bonds is 5. The quantitative estimate of drug-likeness (QED) is 0.317. The SMILES string of the molecule is CCCc1ccc(-c2ccc(C(=O)Oc3ccc4ccccc4c3)cc2)nc1. The summed E-state index contributed by atoms with van der Waals surface area (Å²) in [5, 5.41) is 2.16. The number of ether oxygens (including phenoxy) is 1. The molecule has 0 amide bonds. The number of aryl methyl sites for hydroxylation is 1. The Balaban J connectivity index is 1.48. The first-order valence-electron chi connectivity index (χ1n) is 9.49. The minimum atomic E-state index is -0.368. The molecule has 0 aliphatic heterocycles. The molecule has 0 unspecified atom stereocenters. The second-order valence-electron chi connectivity index (χ2n) is 6.78. The lowest BCUT2D eigenvalue weighted by Gasteiger charge is -2.07. The molecule has 0 saturated carbocycles. The lowest BCUT2D eigenvalue weighted by Crippen LogP contribution is -2.08. The molecule has 0 atom stereocenters. The average molecular weight is 367 g/mol. The molecule has 0 bridgehead atoms. The Morgan fingerprint density at radius 1 is 0.893 bits per heavy atom. The van der Waals surface area contributed by atoms with E-state index in [2.05, 4.69) is 18.0 Å². The smallest absolute Gasteiger partial charge is 0.343 e. The van der Waals surface area contributed by atoms with E-state index in [1.54, 1.807) is 12.1 Å². The molecule has 0 aliphatic rings. The van der Waals surface area contributed by atoms with Gasteiger partial charge >= 0.3 is 5.97 Å². The van der Waals surface area contributed by atoms with Crippen LogP contribution in [0.1, 0.15) is 29.3 Å². The summed E-state index contributed by atoms with van der Waals surface area (Å²) < 4.78 is 5.54. The lowest BCUT2D eigenvalue weighted by atomic mass is 10.1. The Kier molecular flexibility index (Phi) is 5.16. The predicted molar refractivity (Wildman–Crippen MR) is 113 cm³/mol. The van der Waals surface area contributed by atoms with E-state index in [1.165, 1.54) is 5.56 Å². The molecule has 1 heterocycles. The highest BCUT2D eigenvalue weighted by Gasteiger charge is 2.10. The van der Waals surface area contributed by atoms with E-state index in [4.69, 9.17) is 4.74 Å². The van der Waals surface area contributed by atoms with Gasteiger partial charge < -0.3 is 4.74 Å². The maximum atomic E-state index is 12.5. The van der Waals surface area contributed by atoms with Gasteiger partial charge in [-0.1, -0.05) is 61.9 Å². The highest BCUT2D eigenvalue weighted by Crippen LogP contribution is 2.22. The van der Waals surface area contributed by atoms with Crippen LogP contribution in [0.4, 0.5) is 0 Å². The van der Waals surface area contributed by atoms with Crippen molar-refractivity contribution in [3.05, 3.63) is 96.2 Å². The van der Waals surface area contributed by atoms with Crippen molar-refractivity contribution >= 4 is 16.7 Å². The first-order chi connectivity index (χ1) is 13.7. The fourth-order valence-electron chi connectivity index (χ4n) is 3.21. The van der Waals surface area contributed by atoms with Gasteiger partial charge in [-0.25, -0.2) is 4.79 Å². The van der Waals surface area contributed by atoms with Crippen molar-refractivity contribution in [1.29, 1.82) is 0 Å². The van der Waals surface area contributed by atoms with Gasteiger partial charge in [0.1, 0.15) is 5.75 Å². The third kappa shape index (κ3) is 3.94. The normalized spacial score (nSPS) is 10.8. The van der Waals surface area contributed by atoms with Gasteiger partial charge in [-0.2, -0.15) is 0 Å². The highest BCUT2D eigenvalue weighted by atomic mass is 16.5. The summed E-state index contributed by atoms with van der Waals surface area (Å²) in [6.07, 6.45) is 4.06. The minimum absolute atomic E-state index is 0.368. The molecule has 28 heavy (non-hydrogen) atoms. The molecule has 4 rings (SSSR count). The van der Waals surface area contributed by atoms with Crippen LogP contribution in [0.5, 0.6) is 5.75 Å². The molecule has 1 aromatic heterocycles. The second-order valence-corrected chi connectivity index (χ2v) is 6.78. The third-order valence-corrected chi connectivity index (χ3v) is 4.71. The first kappa shape index (κ1) is 17.9. The molecule has 0 N–H and O–H groups in total. The highest BCUT2D eigenvalue weighted by molar-refractivity contribution is 5.92. The summed E-state index contributed by atoms with van der Waals surface area (Å²) in [4.78, 5) is 17.0. The first-order valence-corrected chi connectivity index (χ1v) is 9.49. The number of carbonyl (C=O) groups excluding carboxylic acids is 1. The van der Waals surface area contributed by atoms with E-state index in [-0.39, 0.29) is 5.97 Å². The molecule has 3 heteroatoms. The van der Waals surface area contributed by atoms with Crippen molar-refractivity contribution in [3.63, 3.8) is 0 Å². The molecule has 0 aliphatic carbocycles. The molecule has 0 saturated heterocycles. The fourth-order valence-corrected chi connectivity index (χ4v) is 3.21. The Morgan fingerprint density at radius 2 is 1.68 bits per heavy atom. The van der Waals surface area contributed by atoms with E-state index in [0.717, 1.165) is 34.9 Å². The van der Waals surface area contributed by atoms with Gasteiger partial charge in [0, 0.05) is 11.8 Å². The minimum Gasteiger partial charge on any atom is -0.423 e. The number of aromatic nitrogens is 1. The maximum absolute atomic E-state index is 12.5. The predicted octanol–water partition coefficient (Wildman–Crippen LogP) is 6.07. The second kappa shape index (κ2) is 8.05. The van der Waals surface area contributed by atoms with Crippen LogP contribution >= 0.6 is 0 Å². The van der Waals surface area contributed by atoms with Gasteiger partial charge in [0.05, 0.1) is 11.3 Å². The molecule has 0 spiro atoms. The van der Waals surface area contributed by atoms with Gasteiger partial charge in [0.25, 0.3) is 0 Å². The topological polar surface area (TPSA) is 39.2 Å². The Bertz CT molecular complexity index is 1100. The van der Waals surface area contributed by atoms with Gasteiger partial charge in [0.2, 0.25) is 0 Å². The van der Waals surface area contributed by atoms with Crippen LogP contribution in [0.25, 0.3) is 22.0 Å². The number of hydrogen-bond acceptors (Lipinski definition) is 3. The Hall–Kier alpha value is -3.46. The van der Waals surface area contributed by atoms with Crippen LogP contribution in [0.15, 0.2) is 85.1 Å².